The highest BCUT2D eigenvalue weighted by Gasteiger charge is 2.27. The van der Waals surface area contributed by atoms with Crippen LogP contribution < -0.4 is 5.73 Å². The summed E-state index contributed by atoms with van der Waals surface area (Å²) in [7, 11) is 0. The molecule has 0 saturated carbocycles. The molecule has 1 aliphatic rings. The molecule has 1 saturated heterocycles. The summed E-state index contributed by atoms with van der Waals surface area (Å²) in [5.74, 6) is -1.18. The van der Waals surface area contributed by atoms with Crippen molar-refractivity contribution in [1.82, 2.24) is 4.90 Å². The third-order valence-corrected chi connectivity index (χ3v) is 3.21. The van der Waals surface area contributed by atoms with Crippen LogP contribution in [-0.2, 0) is 0 Å². The fourth-order valence-electron chi connectivity index (χ4n) is 2.11. The van der Waals surface area contributed by atoms with Gasteiger partial charge in [-0.3, -0.25) is 14.9 Å². The summed E-state index contributed by atoms with van der Waals surface area (Å²) in [6, 6.07) is 2.94. The summed E-state index contributed by atoms with van der Waals surface area (Å²) >= 11 is 0. The van der Waals surface area contributed by atoms with Crippen molar-refractivity contribution in [3.63, 3.8) is 0 Å². The molecule has 1 aliphatic heterocycles. The SMILES string of the molecule is NC1CCN(C(=O)c2cc(F)ccc2[N+](=O)[O-])CC1. The van der Waals surface area contributed by atoms with E-state index in [1.807, 2.05) is 0 Å². The molecule has 0 spiro atoms. The first kappa shape index (κ1) is 13.4. The Hall–Kier alpha value is -2.02. The minimum Gasteiger partial charge on any atom is -0.338 e. The number of likely N-dealkylation sites (tertiary alicyclic amines) is 1. The van der Waals surface area contributed by atoms with E-state index < -0.39 is 16.6 Å². The van der Waals surface area contributed by atoms with E-state index in [0.29, 0.717) is 25.9 Å². The fourth-order valence-corrected chi connectivity index (χ4v) is 2.11. The van der Waals surface area contributed by atoms with E-state index >= 15 is 0 Å². The van der Waals surface area contributed by atoms with Crippen LogP contribution in [0.1, 0.15) is 23.2 Å². The smallest absolute Gasteiger partial charge is 0.282 e. The van der Waals surface area contributed by atoms with Gasteiger partial charge < -0.3 is 10.6 Å². The van der Waals surface area contributed by atoms with Gasteiger partial charge in [0.25, 0.3) is 11.6 Å². The molecule has 102 valence electrons. The van der Waals surface area contributed by atoms with Gasteiger partial charge in [0.05, 0.1) is 4.92 Å². The Bertz CT molecular complexity index is 513. The summed E-state index contributed by atoms with van der Waals surface area (Å²) in [4.78, 5) is 23.9. The van der Waals surface area contributed by atoms with Crippen molar-refractivity contribution in [2.24, 2.45) is 5.73 Å². The molecule has 1 amide bonds. The van der Waals surface area contributed by atoms with Crippen molar-refractivity contribution in [3.8, 4) is 0 Å². The summed E-state index contributed by atoms with van der Waals surface area (Å²) in [5, 5.41) is 10.9. The number of piperidine rings is 1. The molecular formula is C12H14FN3O3. The lowest BCUT2D eigenvalue weighted by Gasteiger charge is -2.30. The van der Waals surface area contributed by atoms with Crippen LogP contribution >= 0.6 is 0 Å². The Kier molecular flexibility index (Phi) is 3.75. The minimum atomic E-state index is -0.678. The number of nitro groups is 1. The molecule has 19 heavy (non-hydrogen) atoms. The van der Waals surface area contributed by atoms with Crippen molar-refractivity contribution >= 4 is 11.6 Å². The van der Waals surface area contributed by atoms with Gasteiger partial charge in [-0.1, -0.05) is 0 Å². The molecule has 0 unspecified atom stereocenters. The standard InChI is InChI=1S/C12H14FN3O3/c13-8-1-2-11(16(18)19)10(7-8)12(17)15-5-3-9(14)4-6-15/h1-2,7,9H,3-6,14H2. The predicted octanol–water partition coefficient (Wildman–Crippen LogP) is 1.30. The quantitative estimate of drug-likeness (QED) is 0.646. The van der Waals surface area contributed by atoms with Gasteiger partial charge in [-0.25, -0.2) is 4.39 Å². The van der Waals surface area contributed by atoms with Crippen LogP contribution in [0.4, 0.5) is 10.1 Å². The second-order valence-electron chi connectivity index (χ2n) is 4.55. The number of amides is 1. The Morgan fingerprint density at radius 1 is 1.42 bits per heavy atom. The highest BCUT2D eigenvalue weighted by Crippen LogP contribution is 2.22. The number of hydrogen-bond donors (Lipinski definition) is 1. The molecule has 0 aromatic heterocycles. The van der Waals surface area contributed by atoms with Gasteiger partial charge in [-0.2, -0.15) is 0 Å². The van der Waals surface area contributed by atoms with Gasteiger partial charge in [0, 0.05) is 25.2 Å². The first-order valence-corrected chi connectivity index (χ1v) is 5.98. The van der Waals surface area contributed by atoms with Crippen molar-refractivity contribution in [2.75, 3.05) is 13.1 Å². The van der Waals surface area contributed by atoms with E-state index in [9.17, 15) is 19.3 Å². The highest BCUT2D eigenvalue weighted by molar-refractivity contribution is 5.98. The Morgan fingerprint density at radius 2 is 2.05 bits per heavy atom. The zero-order valence-electron chi connectivity index (χ0n) is 10.2. The summed E-state index contributed by atoms with van der Waals surface area (Å²) in [5.41, 5.74) is 5.15. The first-order valence-electron chi connectivity index (χ1n) is 5.98. The average molecular weight is 267 g/mol. The molecule has 7 heteroatoms. The van der Waals surface area contributed by atoms with Crippen molar-refractivity contribution in [1.29, 1.82) is 0 Å². The van der Waals surface area contributed by atoms with Crippen LogP contribution in [0.5, 0.6) is 0 Å². The molecule has 2 rings (SSSR count). The number of carbonyl (C=O) groups excluding carboxylic acids is 1. The number of rotatable bonds is 2. The fraction of sp³-hybridized carbons (Fsp3) is 0.417. The lowest BCUT2D eigenvalue weighted by molar-refractivity contribution is -0.385. The lowest BCUT2D eigenvalue weighted by atomic mass is 10.0. The van der Waals surface area contributed by atoms with Gasteiger partial charge in [0.15, 0.2) is 0 Å². The number of nitrogens with zero attached hydrogens (tertiary/aromatic N) is 2. The maximum atomic E-state index is 13.2. The maximum absolute atomic E-state index is 13.2. The first-order chi connectivity index (χ1) is 8.99. The van der Waals surface area contributed by atoms with Crippen LogP contribution in [0.2, 0.25) is 0 Å². The van der Waals surface area contributed by atoms with Gasteiger partial charge in [-0.05, 0) is 25.0 Å². The monoisotopic (exact) mass is 267 g/mol. The van der Waals surface area contributed by atoms with Crippen LogP contribution in [0.25, 0.3) is 0 Å². The van der Waals surface area contributed by atoms with E-state index in [1.165, 1.54) is 4.90 Å². The number of nitrogens with two attached hydrogens (primary N) is 1. The summed E-state index contributed by atoms with van der Waals surface area (Å²) in [6.07, 6.45) is 1.30. The number of halogens is 1. The largest absolute Gasteiger partial charge is 0.338 e. The molecule has 1 fully saturated rings. The molecule has 0 bridgehead atoms. The maximum Gasteiger partial charge on any atom is 0.282 e. The Labute approximate surface area is 109 Å². The van der Waals surface area contributed by atoms with Gasteiger partial charge in [0.2, 0.25) is 0 Å². The number of carbonyl (C=O) groups is 1. The second kappa shape index (κ2) is 5.31. The molecule has 0 aliphatic carbocycles. The van der Waals surface area contributed by atoms with Gasteiger partial charge in [-0.15, -0.1) is 0 Å². The summed E-state index contributed by atoms with van der Waals surface area (Å²) in [6.45, 7) is 0.876. The molecular weight excluding hydrogens is 253 g/mol. The van der Waals surface area contributed by atoms with E-state index in [2.05, 4.69) is 0 Å². The normalized spacial score (nSPS) is 16.4. The average Bonchev–Trinajstić information content (AvgIpc) is 2.38. The molecule has 0 atom stereocenters. The van der Waals surface area contributed by atoms with Crippen molar-refractivity contribution in [2.45, 2.75) is 18.9 Å². The van der Waals surface area contributed by atoms with Crippen LogP contribution in [0.15, 0.2) is 18.2 Å². The molecule has 1 aromatic rings. The lowest BCUT2D eigenvalue weighted by Crippen LogP contribution is -2.43. The number of hydrogen-bond acceptors (Lipinski definition) is 4. The third-order valence-electron chi connectivity index (χ3n) is 3.21. The van der Waals surface area contributed by atoms with Crippen molar-refractivity contribution < 1.29 is 14.1 Å². The van der Waals surface area contributed by atoms with E-state index in [4.69, 9.17) is 5.73 Å². The summed E-state index contributed by atoms with van der Waals surface area (Å²) < 4.78 is 13.2. The van der Waals surface area contributed by atoms with Crippen molar-refractivity contribution in [3.05, 3.63) is 39.7 Å². The number of benzene rings is 1. The zero-order chi connectivity index (χ0) is 14.0. The van der Waals surface area contributed by atoms with Gasteiger partial charge >= 0.3 is 0 Å². The molecule has 1 aromatic carbocycles. The van der Waals surface area contributed by atoms with E-state index in [-0.39, 0.29) is 17.3 Å². The van der Waals surface area contributed by atoms with Crippen LogP contribution in [0, 0.1) is 15.9 Å². The second-order valence-corrected chi connectivity index (χ2v) is 4.55. The Balaban J connectivity index is 2.27. The number of nitro benzene ring substituents is 1. The van der Waals surface area contributed by atoms with E-state index in [0.717, 1.165) is 18.2 Å². The van der Waals surface area contributed by atoms with Gasteiger partial charge in [0.1, 0.15) is 11.4 Å². The highest BCUT2D eigenvalue weighted by atomic mass is 19.1. The molecule has 0 radical (unpaired) electrons. The molecule has 1 heterocycles. The topological polar surface area (TPSA) is 89.5 Å². The van der Waals surface area contributed by atoms with E-state index in [1.54, 1.807) is 0 Å². The third kappa shape index (κ3) is 2.87. The van der Waals surface area contributed by atoms with Crippen LogP contribution in [0.3, 0.4) is 0 Å². The predicted molar refractivity (Wildman–Crippen MR) is 66.2 cm³/mol. The van der Waals surface area contributed by atoms with Crippen LogP contribution in [-0.4, -0.2) is 34.9 Å². The zero-order valence-corrected chi connectivity index (χ0v) is 10.2. The molecule has 2 N–H and O–H groups in total. The molecule has 6 nitrogen and oxygen atoms in total. The Morgan fingerprint density at radius 3 is 2.63 bits per heavy atom. The minimum absolute atomic E-state index is 0.0477.